The first-order valence-electron chi connectivity index (χ1n) is 20.5. The highest BCUT2D eigenvalue weighted by atomic mass is 32.2. The van der Waals surface area contributed by atoms with E-state index in [9.17, 15) is 0 Å². The van der Waals surface area contributed by atoms with Gasteiger partial charge in [-0.15, -0.1) is 0 Å². The molecule has 8 rings (SSSR count). The van der Waals surface area contributed by atoms with Gasteiger partial charge in [0.25, 0.3) is 5.01 Å². The van der Waals surface area contributed by atoms with Crippen molar-refractivity contribution in [2.45, 2.75) is 90.5 Å². The Morgan fingerprint density at radius 1 is 0.741 bits per heavy atom. The summed E-state index contributed by atoms with van der Waals surface area (Å²) >= 11 is 3.93. The molecule has 4 aromatic carbocycles. The predicted octanol–water partition coefficient (Wildman–Crippen LogP) is 14.3. The number of hydrogen-bond donors (Lipinski definition) is 0. The van der Waals surface area contributed by atoms with Gasteiger partial charge >= 0.3 is 0 Å². The average Bonchev–Trinajstić information content (AvgIpc) is 3.74. The van der Waals surface area contributed by atoms with Gasteiger partial charge in [0.2, 0.25) is 5.52 Å². The van der Waals surface area contributed by atoms with Gasteiger partial charge < -0.3 is 4.90 Å². The molecule has 3 atom stereocenters. The summed E-state index contributed by atoms with van der Waals surface area (Å²) in [5.74, 6) is 2.11. The Morgan fingerprint density at radius 2 is 1.43 bits per heavy atom. The van der Waals surface area contributed by atoms with Crippen molar-refractivity contribution in [2.24, 2.45) is 17.8 Å². The van der Waals surface area contributed by atoms with E-state index in [2.05, 4.69) is 159 Å². The van der Waals surface area contributed by atoms with Gasteiger partial charge in [0.1, 0.15) is 4.70 Å². The number of aryl methyl sites for hydroxylation is 1. The lowest BCUT2D eigenvalue weighted by Crippen LogP contribution is -2.36. The van der Waals surface area contributed by atoms with E-state index in [0.29, 0.717) is 5.92 Å². The van der Waals surface area contributed by atoms with Crippen molar-refractivity contribution in [2.75, 3.05) is 11.4 Å². The number of thiazole rings is 1. The van der Waals surface area contributed by atoms with Crippen LogP contribution >= 0.6 is 23.1 Å². The summed E-state index contributed by atoms with van der Waals surface area (Å²) in [6.07, 6.45) is 19.8. The molecule has 0 amide bonds. The van der Waals surface area contributed by atoms with Gasteiger partial charge in [-0.3, -0.25) is 0 Å². The maximum Gasteiger partial charge on any atom is 0.263 e. The first-order chi connectivity index (χ1) is 26.4. The number of nitrogens with zero attached hydrogens (tertiary/aromatic N) is 2. The van der Waals surface area contributed by atoms with E-state index in [0.717, 1.165) is 37.8 Å². The van der Waals surface area contributed by atoms with Crippen LogP contribution in [0.25, 0.3) is 38.5 Å². The van der Waals surface area contributed by atoms with Crippen LogP contribution < -0.4 is 9.47 Å². The minimum absolute atomic E-state index is 0.668. The summed E-state index contributed by atoms with van der Waals surface area (Å²) < 4.78 is 3.99. The molecule has 5 aromatic rings. The van der Waals surface area contributed by atoms with Crippen molar-refractivity contribution < 1.29 is 4.57 Å². The van der Waals surface area contributed by atoms with Crippen molar-refractivity contribution in [3.8, 4) is 22.3 Å². The van der Waals surface area contributed by atoms with Crippen molar-refractivity contribution in [1.82, 2.24) is 0 Å². The van der Waals surface area contributed by atoms with Crippen LogP contribution in [0.3, 0.4) is 0 Å². The topological polar surface area (TPSA) is 7.12 Å². The summed E-state index contributed by atoms with van der Waals surface area (Å²) in [4.78, 5) is 3.99. The van der Waals surface area contributed by atoms with Gasteiger partial charge in [-0.2, -0.15) is 4.57 Å². The minimum Gasteiger partial charge on any atom is -0.335 e. The van der Waals surface area contributed by atoms with Crippen LogP contribution in [-0.2, 0) is 6.54 Å². The molecule has 0 saturated heterocycles. The second-order valence-electron chi connectivity index (χ2n) is 15.9. The highest BCUT2D eigenvalue weighted by Gasteiger charge is 2.29. The van der Waals surface area contributed by atoms with E-state index in [1.165, 1.54) is 108 Å². The zero-order valence-electron chi connectivity index (χ0n) is 32.6. The lowest BCUT2D eigenvalue weighted by Gasteiger charge is -2.29. The normalized spacial score (nSPS) is 19.5. The van der Waals surface area contributed by atoms with Crippen LogP contribution in [0.5, 0.6) is 0 Å². The zero-order chi connectivity index (χ0) is 37.0. The summed E-state index contributed by atoms with van der Waals surface area (Å²) in [7, 11) is 0. The minimum atomic E-state index is 0.668. The van der Waals surface area contributed by atoms with Crippen LogP contribution in [0.4, 0.5) is 5.69 Å². The van der Waals surface area contributed by atoms with Crippen LogP contribution in [0.15, 0.2) is 142 Å². The zero-order valence-corrected chi connectivity index (χ0v) is 34.2. The van der Waals surface area contributed by atoms with Gasteiger partial charge in [-0.05, 0) is 119 Å². The molecule has 2 aliphatic carbocycles. The smallest absolute Gasteiger partial charge is 0.263 e. The Morgan fingerprint density at radius 3 is 2.17 bits per heavy atom. The summed E-state index contributed by atoms with van der Waals surface area (Å²) in [6.45, 7) is 11.6. The van der Waals surface area contributed by atoms with Gasteiger partial charge in [0.15, 0.2) is 6.54 Å². The first kappa shape index (κ1) is 36.8. The summed E-state index contributed by atoms with van der Waals surface area (Å²) in [5.41, 5.74) is 12.4. The molecule has 0 spiro atoms. The second-order valence-corrected chi connectivity index (χ2v) is 18.0. The van der Waals surface area contributed by atoms with E-state index in [4.69, 9.17) is 0 Å². The molecule has 1 aliphatic heterocycles. The number of hydrogen-bond acceptors (Lipinski definition) is 3. The van der Waals surface area contributed by atoms with Gasteiger partial charge in [-0.25, -0.2) is 0 Å². The standard InChI is InChI=1S/C50H55N2S2/c1-5-35(3)25-27-51-45-23-21-42(39-13-9-7-10-14-39)33-47(45)53-49(51)31-37-17-19-41-20-18-38(30-44(41)29-37)32-50-52(28-26-36(4)6-2)46-24-22-43(34-48(46)54-50)40-15-11-8-12-16-40/h7-16,21-24,29-36,41H,5-6,17-20,25-28H2,1-4H3/q+1. The van der Waals surface area contributed by atoms with Crippen molar-refractivity contribution in [3.05, 3.63) is 142 Å². The molecule has 0 saturated carbocycles. The Bertz CT molecular complexity index is 2220. The Labute approximate surface area is 332 Å². The van der Waals surface area contributed by atoms with Crippen LogP contribution in [0, 0.1) is 17.8 Å². The Hall–Kier alpha value is -4.12. The predicted molar refractivity (Wildman–Crippen MR) is 235 cm³/mol. The fourth-order valence-electron chi connectivity index (χ4n) is 8.17. The van der Waals surface area contributed by atoms with E-state index in [-0.39, 0.29) is 0 Å². The van der Waals surface area contributed by atoms with E-state index in [1.807, 2.05) is 23.1 Å². The molecule has 3 unspecified atom stereocenters. The van der Waals surface area contributed by atoms with Crippen molar-refractivity contribution in [3.63, 3.8) is 0 Å². The van der Waals surface area contributed by atoms with Crippen molar-refractivity contribution in [1.29, 1.82) is 0 Å². The third-order valence-electron chi connectivity index (χ3n) is 12.1. The Balaban J connectivity index is 1.10. The average molecular weight is 748 g/mol. The SMILES string of the molecule is CCC(C)CCN1/C(=C/C2=CC3=C/C(=C/c4sc5cc(-c6ccccc6)ccc5[n+]4CCC(C)CC)CCC3CC2)Sc2cc(-c3ccccc3)ccc21. The fraction of sp³-hybridized carbons (Fsp3) is 0.340. The third-order valence-corrected chi connectivity index (χ3v) is 14.3. The summed E-state index contributed by atoms with van der Waals surface area (Å²) in [5, 5.41) is 2.77. The molecular formula is C50H55N2S2+. The molecule has 0 N–H and O–H groups in total. The maximum atomic E-state index is 2.61. The highest BCUT2D eigenvalue weighted by molar-refractivity contribution is 8.03. The molecule has 1 aromatic heterocycles. The second kappa shape index (κ2) is 16.7. The van der Waals surface area contributed by atoms with Crippen molar-refractivity contribution >= 4 is 45.1 Å². The lowest BCUT2D eigenvalue weighted by molar-refractivity contribution is -0.670. The molecule has 54 heavy (non-hydrogen) atoms. The number of aromatic nitrogens is 1. The fourth-order valence-corrected chi connectivity index (χ4v) is 10.6. The molecule has 4 heteroatoms. The van der Waals surface area contributed by atoms with Gasteiger partial charge in [0.05, 0.1) is 10.7 Å². The molecule has 276 valence electrons. The molecule has 0 fully saturated rings. The first-order valence-corrected chi connectivity index (χ1v) is 22.1. The number of benzene rings is 4. The van der Waals surface area contributed by atoms with E-state index in [1.54, 1.807) is 0 Å². The highest BCUT2D eigenvalue weighted by Crippen LogP contribution is 2.49. The largest absolute Gasteiger partial charge is 0.335 e. The van der Waals surface area contributed by atoms with E-state index < -0.39 is 0 Å². The molecule has 0 bridgehead atoms. The number of fused-ring (bicyclic) bond motifs is 3. The third kappa shape index (κ3) is 8.11. The van der Waals surface area contributed by atoms with Gasteiger partial charge in [0, 0.05) is 30.0 Å². The van der Waals surface area contributed by atoms with Crippen LogP contribution in [0.1, 0.15) is 84.1 Å². The molecular weight excluding hydrogens is 693 g/mol. The number of thioether (sulfide) groups is 1. The van der Waals surface area contributed by atoms with Crippen LogP contribution in [0.2, 0.25) is 0 Å². The molecule has 2 nitrogen and oxygen atoms in total. The quantitative estimate of drug-likeness (QED) is 0.117. The Kier molecular flexibility index (Phi) is 11.4. The lowest BCUT2D eigenvalue weighted by atomic mass is 9.77. The van der Waals surface area contributed by atoms with Gasteiger partial charge in [-0.1, -0.05) is 143 Å². The number of rotatable bonds is 12. The molecule has 0 radical (unpaired) electrons. The van der Waals surface area contributed by atoms with E-state index >= 15 is 0 Å². The number of allylic oxidation sites excluding steroid dienone is 6. The maximum absolute atomic E-state index is 2.61. The molecule has 3 aliphatic rings. The summed E-state index contributed by atoms with van der Waals surface area (Å²) in [6, 6.07) is 35.8. The number of anilines is 1. The molecule has 2 heterocycles. The monoisotopic (exact) mass is 747 g/mol. The van der Waals surface area contributed by atoms with Crippen LogP contribution in [-0.4, -0.2) is 6.54 Å².